The van der Waals surface area contributed by atoms with Crippen LogP contribution in [0.4, 0.5) is 0 Å². The van der Waals surface area contributed by atoms with Crippen LogP contribution in [0.2, 0.25) is 0 Å². The molecule has 1 aliphatic heterocycles. The third-order valence-corrected chi connectivity index (χ3v) is 1.79. The van der Waals surface area contributed by atoms with Gasteiger partial charge in [-0.3, -0.25) is 0 Å². The van der Waals surface area contributed by atoms with E-state index in [-0.39, 0.29) is 0 Å². The van der Waals surface area contributed by atoms with E-state index in [9.17, 15) is 0 Å². The Hall–Kier alpha value is -0.520. The van der Waals surface area contributed by atoms with E-state index in [1.165, 1.54) is 12.8 Å². The molecule has 1 saturated heterocycles. The first kappa shape index (κ1) is 7.59. The smallest absolute Gasteiger partial charge is 0.0576 e. The van der Waals surface area contributed by atoms with Crippen LogP contribution in [0.5, 0.6) is 0 Å². The van der Waals surface area contributed by atoms with Crippen LogP contribution in [-0.4, -0.2) is 25.7 Å². The van der Waals surface area contributed by atoms with E-state index >= 15 is 0 Å². The van der Waals surface area contributed by atoms with Crippen LogP contribution in [0.25, 0.3) is 0 Å². The van der Waals surface area contributed by atoms with Gasteiger partial charge in [0.25, 0.3) is 0 Å². The maximum Gasteiger partial charge on any atom is 0.0576 e. The van der Waals surface area contributed by atoms with Crippen molar-refractivity contribution in [2.24, 2.45) is 0 Å². The molecule has 1 atom stereocenters. The maximum atomic E-state index is 5.11. The van der Waals surface area contributed by atoms with Crippen LogP contribution in [-0.2, 0) is 0 Å². The average molecular weight is 138 g/mol. The summed E-state index contributed by atoms with van der Waals surface area (Å²) in [5.74, 6) is 2.58. The van der Waals surface area contributed by atoms with E-state index < -0.39 is 0 Å². The van der Waals surface area contributed by atoms with Gasteiger partial charge in [0.15, 0.2) is 0 Å². The molecule has 0 aromatic carbocycles. The lowest BCUT2D eigenvalue weighted by Crippen LogP contribution is -2.43. The number of hydrogen-bond acceptors (Lipinski definition) is 2. The molecule has 0 radical (unpaired) electrons. The molecule has 56 valence electrons. The number of hydrogen-bond donors (Lipinski definition) is 2. The number of rotatable bonds is 2. The van der Waals surface area contributed by atoms with Gasteiger partial charge in [0, 0.05) is 12.6 Å². The Kier molecular flexibility index (Phi) is 3.28. The summed E-state index contributed by atoms with van der Waals surface area (Å²) >= 11 is 0. The van der Waals surface area contributed by atoms with Gasteiger partial charge in [-0.25, -0.2) is 0 Å². The molecular formula is C8H14N2. The molecule has 0 amide bonds. The van der Waals surface area contributed by atoms with Crippen molar-refractivity contribution in [2.75, 3.05) is 19.6 Å². The standard InChI is InChI=1S/C8H14N2/c1-2-5-10-8-4-3-6-9-7-8/h1,8-10H,3-7H2. The van der Waals surface area contributed by atoms with Crippen molar-refractivity contribution in [2.45, 2.75) is 18.9 Å². The quantitative estimate of drug-likeness (QED) is 0.523. The summed E-state index contributed by atoms with van der Waals surface area (Å²) in [6, 6.07) is 0.602. The van der Waals surface area contributed by atoms with Crippen molar-refractivity contribution in [1.82, 2.24) is 10.6 Å². The van der Waals surface area contributed by atoms with Gasteiger partial charge in [0.1, 0.15) is 0 Å². The van der Waals surface area contributed by atoms with Crippen molar-refractivity contribution in [3.05, 3.63) is 0 Å². The monoisotopic (exact) mass is 138 g/mol. The van der Waals surface area contributed by atoms with E-state index in [0.717, 1.165) is 13.1 Å². The number of piperidine rings is 1. The summed E-state index contributed by atoms with van der Waals surface area (Å²) in [5.41, 5.74) is 0. The predicted octanol–water partition coefficient (Wildman–Crippen LogP) is -0.0388. The third kappa shape index (κ3) is 2.38. The second-order valence-corrected chi connectivity index (χ2v) is 2.63. The molecule has 2 heteroatoms. The first-order chi connectivity index (χ1) is 4.93. The molecule has 1 aliphatic rings. The Morgan fingerprint density at radius 1 is 1.70 bits per heavy atom. The molecular weight excluding hydrogens is 124 g/mol. The fourth-order valence-electron chi connectivity index (χ4n) is 1.23. The van der Waals surface area contributed by atoms with E-state index in [2.05, 4.69) is 16.6 Å². The van der Waals surface area contributed by atoms with Gasteiger partial charge in [-0.05, 0) is 19.4 Å². The summed E-state index contributed by atoms with van der Waals surface area (Å²) in [5, 5.41) is 6.59. The molecule has 0 spiro atoms. The van der Waals surface area contributed by atoms with Gasteiger partial charge in [-0.15, -0.1) is 6.42 Å². The highest BCUT2D eigenvalue weighted by Crippen LogP contribution is 1.99. The maximum absolute atomic E-state index is 5.11. The minimum absolute atomic E-state index is 0.602. The Balaban J connectivity index is 2.09. The molecule has 0 bridgehead atoms. The summed E-state index contributed by atoms with van der Waals surface area (Å²) < 4.78 is 0. The first-order valence-electron chi connectivity index (χ1n) is 3.81. The summed E-state index contributed by atoms with van der Waals surface area (Å²) in [4.78, 5) is 0. The van der Waals surface area contributed by atoms with Gasteiger partial charge < -0.3 is 10.6 Å². The zero-order valence-electron chi connectivity index (χ0n) is 6.19. The van der Waals surface area contributed by atoms with Crippen molar-refractivity contribution in [3.8, 4) is 12.3 Å². The molecule has 0 aromatic rings. The average Bonchev–Trinajstić information content (AvgIpc) is 2.03. The van der Waals surface area contributed by atoms with E-state index in [0.29, 0.717) is 12.6 Å². The predicted molar refractivity (Wildman–Crippen MR) is 42.7 cm³/mol. The summed E-state index contributed by atoms with van der Waals surface area (Å²) in [7, 11) is 0. The number of nitrogens with one attached hydrogen (secondary N) is 2. The van der Waals surface area contributed by atoms with Gasteiger partial charge >= 0.3 is 0 Å². The largest absolute Gasteiger partial charge is 0.315 e. The zero-order valence-corrected chi connectivity index (χ0v) is 6.19. The number of terminal acetylenes is 1. The molecule has 1 unspecified atom stereocenters. The molecule has 2 N–H and O–H groups in total. The minimum Gasteiger partial charge on any atom is -0.315 e. The van der Waals surface area contributed by atoms with Crippen LogP contribution < -0.4 is 10.6 Å². The van der Waals surface area contributed by atoms with Crippen molar-refractivity contribution < 1.29 is 0 Å². The topological polar surface area (TPSA) is 24.1 Å². The molecule has 0 aliphatic carbocycles. The van der Waals surface area contributed by atoms with Gasteiger partial charge in [-0.2, -0.15) is 0 Å². The van der Waals surface area contributed by atoms with Crippen LogP contribution >= 0.6 is 0 Å². The lowest BCUT2D eigenvalue weighted by atomic mass is 10.1. The molecule has 10 heavy (non-hydrogen) atoms. The Morgan fingerprint density at radius 3 is 3.20 bits per heavy atom. The summed E-state index contributed by atoms with van der Waals surface area (Å²) in [6.07, 6.45) is 7.64. The molecule has 1 rings (SSSR count). The molecule has 1 fully saturated rings. The zero-order chi connectivity index (χ0) is 7.23. The highest BCUT2D eigenvalue weighted by molar-refractivity contribution is 4.89. The molecule has 1 heterocycles. The molecule has 2 nitrogen and oxygen atoms in total. The van der Waals surface area contributed by atoms with Crippen LogP contribution in [0.3, 0.4) is 0 Å². The lowest BCUT2D eigenvalue weighted by Gasteiger charge is -2.22. The third-order valence-electron chi connectivity index (χ3n) is 1.79. The highest BCUT2D eigenvalue weighted by Gasteiger charge is 2.10. The van der Waals surface area contributed by atoms with E-state index in [4.69, 9.17) is 6.42 Å². The van der Waals surface area contributed by atoms with E-state index in [1.54, 1.807) is 0 Å². The second kappa shape index (κ2) is 4.32. The van der Waals surface area contributed by atoms with Crippen molar-refractivity contribution in [3.63, 3.8) is 0 Å². The SMILES string of the molecule is C#CCNC1CCCNC1. The van der Waals surface area contributed by atoms with Gasteiger partial charge in [0.2, 0.25) is 0 Å². The van der Waals surface area contributed by atoms with Crippen molar-refractivity contribution in [1.29, 1.82) is 0 Å². The Morgan fingerprint density at radius 2 is 2.60 bits per heavy atom. The minimum atomic E-state index is 0.602. The van der Waals surface area contributed by atoms with Gasteiger partial charge in [-0.1, -0.05) is 5.92 Å². The highest BCUT2D eigenvalue weighted by atomic mass is 15.0. The van der Waals surface area contributed by atoms with Crippen LogP contribution in [0.1, 0.15) is 12.8 Å². The second-order valence-electron chi connectivity index (χ2n) is 2.63. The fourth-order valence-corrected chi connectivity index (χ4v) is 1.23. The molecule has 0 aromatic heterocycles. The lowest BCUT2D eigenvalue weighted by molar-refractivity contribution is 0.404. The van der Waals surface area contributed by atoms with Gasteiger partial charge in [0.05, 0.1) is 6.54 Å². The summed E-state index contributed by atoms with van der Waals surface area (Å²) in [6.45, 7) is 2.93. The fraction of sp³-hybridized carbons (Fsp3) is 0.750. The van der Waals surface area contributed by atoms with Crippen LogP contribution in [0.15, 0.2) is 0 Å². The van der Waals surface area contributed by atoms with Crippen LogP contribution in [0, 0.1) is 12.3 Å². The van der Waals surface area contributed by atoms with Crippen molar-refractivity contribution >= 4 is 0 Å². The normalized spacial score (nSPS) is 25.7. The first-order valence-corrected chi connectivity index (χ1v) is 3.81. The Bertz CT molecular complexity index is 120. The van der Waals surface area contributed by atoms with E-state index in [1.807, 2.05) is 0 Å². The molecule has 0 saturated carbocycles. The Labute approximate surface area is 62.4 Å².